The van der Waals surface area contributed by atoms with Crippen molar-refractivity contribution in [3.8, 4) is 23.0 Å². The van der Waals surface area contributed by atoms with Gasteiger partial charge in [-0.2, -0.15) is 0 Å². The van der Waals surface area contributed by atoms with Gasteiger partial charge in [0.15, 0.2) is 5.58 Å². The van der Waals surface area contributed by atoms with Crippen molar-refractivity contribution in [2.24, 2.45) is 4.99 Å². The number of fused-ring (bicyclic) bond motifs is 1. The highest BCUT2D eigenvalue weighted by molar-refractivity contribution is 5.87. The van der Waals surface area contributed by atoms with Crippen LogP contribution in [-0.4, -0.2) is 22.9 Å². The van der Waals surface area contributed by atoms with E-state index in [9.17, 15) is 5.11 Å². The Bertz CT molecular complexity index is 1100. The molecule has 0 aliphatic rings. The third-order valence-electron chi connectivity index (χ3n) is 4.07. The van der Waals surface area contributed by atoms with Crippen LogP contribution in [0.2, 0.25) is 0 Å². The summed E-state index contributed by atoms with van der Waals surface area (Å²) in [6.45, 7) is 2.58. The number of aromatic hydroxyl groups is 1. The standard InChI is InChI=1S/C22H18N2O3/c1-2-26-18-10-7-15(8-11-18)22-24-19-13-17(9-12-21(19)27-22)23-14-16-5-3-4-6-20(16)25/h3-14,25H,2H2,1H3. The molecule has 1 N–H and O–H groups in total. The maximum atomic E-state index is 9.82. The maximum Gasteiger partial charge on any atom is 0.227 e. The van der Waals surface area contributed by atoms with Crippen LogP contribution in [0.3, 0.4) is 0 Å². The highest BCUT2D eigenvalue weighted by Crippen LogP contribution is 2.28. The van der Waals surface area contributed by atoms with E-state index in [4.69, 9.17) is 9.15 Å². The average Bonchev–Trinajstić information content (AvgIpc) is 3.11. The summed E-state index contributed by atoms with van der Waals surface area (Å²) in [5.41, 5.74) is 3.70. The molecule has 1 aromatic heterocycles. The Kier molecular flexibility index (Phi) is 4.58. The number of aliphatic imine (C=N–C) groups is 1. The van der Waals surface area contributed by atoms with Gasteiger partial charge in [-0.25, -0.2) is 4.98 Å². The highest BCUT2D eigenvalue weighted by Gasteiger charge is 2.09. The molecular formula is C22H18N2O3. The fraction of sp³-hybridized carbons (Fsp3) is 0.0909. The first-order valence-electron chi connectivity index (χ1n) is 8.69. The van der Waals surface area contributed by atoms with Crippen molar-refractivity contribution in [3.63, 3.8) is 0 Å². The molecule has 0 aliphatic carbocycles. The number of hydrogen-bond donors (Lipinski definition) is 1. The summed E-state index contributed by atoms with van der Waals surface area (Å²) in [6.07, 6.45) is 1.63. The summed E-state index contributed by atoms with van der Waals surface area (Å²) < 4.78 is 11.3. The second-order valence-corrected chi connectivity index (χ2v) is 5.95. The lowest BCUT2D eigenvalue weighted by atomic mass is 10.2. The van der Waals surface area contributed by atoms with Crippen molar-refractivity contribution >= 4 is 23.0 Å². The topological polar surface area (TPSA) is 67.9 Å². The first kappa shape index (κ1) is 16.8. The van der Waals surface area contributed by atoms with E-state index < -0.39 is 0 Å². The summed E-state index contributed by atoms with van der Waals surface area (Å²) >= 11 is 0. The van der Waals surface area contributed by atoms with Crippen LogP contribution in [0.25, 0.3) is 22.6 Å². The Hall–Kier alpha value is -3.60. The lowest BCUT2D eigenvalue weighted by Crippen LogP contribution is -1.90. The quantitative estimate of drug-likeness (QED) is 0.488. The average molecular weight is 358 g/mol. The Morgan fingerprint density at radius 2 is 1.89 bits per heavy atom. The predicted molar refractivity (Wildman–Crippen MR) is 106 cm³/mol. The Labute approximate surface area is 156 Å². The van der Waals surface area contributed by atoms with E-state index in [0.717, 1.165) is 22.5 Å². The maximum absolute atomic E-state index is 9.82. The van der Waals surface area contributed by atoms with Gasteiger partial charge in [0.2, 0.25) is 5.89 Å². The van der Waals surface area contributed by atoms with Crippen LogP contribution in [-0.2, 0) is 0 Å². The van der Waals surface area contributed by atoms with Gasteiger partial charge in [0.05, 0.1) is 12.3 Å². The Balaban J connectivity index is 1.61. The Morgan fingerprint density at radius 3 is 2.67 bits per heavy atom. The second kappa shape index (κ2) is 7.33. The zero-order chi connectivity index (χ0) is 18.6. The number of benzene rings is 3. The van der Waals surface area contributed by atoms with Gasteiger partial charge >= 0.3 is 0 Å². The van der Waals surface area contributed by atoms with Crippen molar-refractivity contribution < 1.29 is 14.3 Å². The van der Waals surface area contributed by atoms with E-state index in [0.29, 0.717) is 23.6 Å². The fourth-order valence-corrected chi connectivity index (χ4v) is 2.72. The summed E-state index contributed by atoms with van der Waals surface area (Å²) in [5, 5.41) is 9.82. The molecule has 3 aromatic carbocycles. The number of phenols is 1. The smallest absolute Gasteiger partial charge is 0.227 e. The fourth-order valence-electron chi connectivity index (χ4n) is 2.72. The number of phenolic OH excluding ortho intramolecular Hbond substituents is 1. The van der Waals surface area contributed by atoms with E-state index in [1.54, 1.807) is 24.4 Å². The first-order valence-corrected chi connectivity index (χ1v) is 8.69. The van der Waals surface area contributed by atoms with Gasteiger partial charge in [-0.05, 0) is 61.5 Å². The largest absolute Gasteiger partial charge is 0.507 e. The van der Waals surface area contributed by atoms with E-state index in [2.05, 4.69) is 9.98 Å². The lowest BCUT2D eigenvalue weighted by molar-refractivity contribution is 0.340. The molecule has 0 spiro atoms. The third kappa shape index (κ3) is 3.67. The molecule has 0 saturated carbocycles. The predicted octanol–water partition coefficient (Wildman–Crippen LogP) is 5.35. The molecule has 27 heavy (non-hydrogen) atoms. The van der Waals surface area contributed by atoms with Gasteiger partial charge in [-0.15, -0.1) is 0 Å². The first-order chi connectivity index (χ1) is 13.2. The molecule has 0 radical (unpaired) electrons. The molecule has 0 unspecified atom stereocenters. The van der Waals surface area contributed by atoms with Crippen LogP contribution in [0.1, 0.15) is 12.5 Å². The van der Waals surface area contributed by atoms with Crippen molar-refractivity contribution in [1.82, 2.24) is 4.98 Å². The summed E-state index contributed by atoms with van der Waals surface area (Å²) in [7, 11) is 0. The minimum atomic E-state index is 0.196. The molecule has 134 valence electrons. The molecule has 0 aliphatic heterocycles. The van der Waals surface area contributed by atoms with Gasteiger partial charge in [0.25, 0.3) is 0 Å². The minimum Gasteiger partial charge on any atom is -0.507 e. The zero-order valence-electron chi connectivity index (χ0n) is 14.8. The minimum absolute atomic E-state index is 0.196. The van der Waals surface area contributed by atoms with Gasteiger partial charge in [-0.1, -0.05) is 12.1 Å². The van der Waals surface area contributed by atoms with Crippen LogP contribution in [0, 0.1) is 0 Å². The summed E-state index contributed by atoms with van der Waals surface area (Å²) in [4.78, 5) is 8.98. The number of aromatic nitrogens is 1. The van der Waals surface area contributed by atoms with E-state index in [-0.39, 0.29) is 5.75 Å². The number of ether oxygens (including phenoxy) is 1. The van der Waals surface area contributed by atoms with Gasteiger partial charge in [0.1, 0.15) is 17.0 Å². The van der Waals surface area contributed by atoms with E-state index >= 15 is 0 Å². The number of nitrogens with zero attached hydrogens (tertiary/aromatic N) is 2. The van der Waals surface area contributed by atoms with Crippen molar-refractivity contribution in [3.05, 3.63) is 72.3 Å². The Morgan fingerprint density at radius 1 is 1.07 bits per heavy atom. The van der Waals surface area contributed by atoms with E-state index in [1.165, 1.54) is 0 Å². The molecule has 0 saturated heterocycles. The summed E-state index contributed by atoms with van der Waals surface area (Å²) in [5.74, 6) is 1.56. The van der Waals surface area contributed by atoms with Gasteiger partial charge in [0, 0.05) is 17.3 Å². The third-order valence-corrected chi connectivity index (χ3v) is 4.07. The molecular weight excluding hydrogens is 340 g/mol. The van der Waals surface area contributed by atoms with E-state index in [1.807, 2.05) is 55.5 Å². The zero-order valence-corrected chi connectivity index (χ0v) is 14.8. The van der Waals surface area contributed by atoms with Crippen LogP contribution in [0.15, 0.2) is 76.1 Å². The van der Waals surface area contributed by atoms with Crippen LogP contribution < -0.4 is 4.74 Å². The molecule has 5 nitrogen and oxygen atoms in total. The number of rotatable bonds is 5. The summed E-state index contributed by atoms with van der Waals surface area (Å²) in [6, 6.07) is 20.3. The van der Waals surface area contributed by atoms with Gasteiger partial charge in [-0.3, -0.25) is 4.99 Å². The number of para-hydroxylation sites is 1. The van der Waals surface area contributed by atoms with Crippen molar-refractivity contribution in [1.29, 1.82) is 0 Å². The number of hydrogen-bond acceptors (Lipinski definition) is 5. The van der Waals surface area contributed by atoms with Crippen LogP contribution in [0.5, 0.6) is 11.5 Å². The normalized spacial score (nSPS) is 11.3. The molecule has 0 atom stereocenters. The van der Waals surface area contributed by atoms with Gasteiger partial charge < -0.3 is 14.3 Å². The molecule has 0 amide bonds. The molecule has 0 fully saturated rings. The number of oxazole rings is 1. The molecule has 4 rings (SSSR count). The molecule has 1 heterocycles. The second-order valence-electron chi connectivity index (χ2n) is 5.95. The highest BCUT2D eigenvalue weighted by atomic mass is 16.5. The molecule has 5 heteroatoms. The van der Waals surface area contributed by atoms with Crippen LogP contribution >= 0.6 is 0 Å². The molecule has 4 aromatic rings. The monoisotopic (exact) mass is 358 g/mol. The van der Waals surface area contributed by atoms with Crippen molar-refractivity contribution in [2.75, 3.05) is 6.61 Å². The molecule has 0 bridgehead atoms. The van der Waals surface area contributed by atoms with Crippen molar-refractivity contribution in [2.45, 2.75) is 6.92 Å². The lowest BCUT2D eigenvalue weighted by Gasteiger charge is -2.02. The SMILES string of the molecule is CCOc1ccc(-c2nc3cc(N=Cc4ccccc4O)ccc3o2)cc1. The van der Waals surface area contributed by atoms with Crippen LogP contribution in [0.4, 0.5) is 5.69 Å².